The van der Waals surface area contributed by atoms with Crippen LogP contribution in [0.5, 0.6) is 11.5 Å². The molecule has 0 aliphatic rings. The van der Waals surface area contributed by atoms with Crippen molar-refractivity contribution in [3.8, 4) is 11.5 Å². The molecular formula is C58H80O. The lowest BCUT2D eigenvalue weighted by Gasteiger charge is -2.46. The highest BCUT2D eigenvalue weighted by atomic mass is 16.5. The second kappa shape index (κ2) is 14.5. The Morgan fingerprint density at radius 3 is 1.29 bits per heavy atom. The molecule has 0 fully saturated rings. The lowest BCUT2D eigenvalue weighted by atomic mass is 9.59. The Bertz CT molecular complexity index is 2470. The summed E-state index contributed by atoms with van der Waals surface area (Å²) in [6, 6.07) is 27.2. The molecule has 0 aliphatic heterocycles. The Morgan fingerprint density at radius 2 is 0.797 bits per heavy atom. The molecule has 0 saturated heterocycles. The molecule has 0 radical (unpaired) electrons. The zero-order chi connectivity index (χ0) is 44.1. The van der Waals surface area contributed by atoms with Gasteiger partial charge in [-0.15, -0.1) is 0 Å². The van der Waals surface area contributed by atoms with Gasteiger partial charge in [-0.2, -0.15) is 0 Å². The first-order chi connectivity index (χ1) is 26.7. The summed E-state index contributed by atoms with van der Waals surface area (Å²) in [4.78, 5) is 0. The van der Waals surface area contributed by atoms with E-state index in [0.717, 1.165) is 37.2 Å². The van der Waals surface area contributed by atoms with Gasteiger partial charge in [0.1, 0.15) is 11.5 Å². The zero-order valence-electron chi connectivity index (χ0n) is 41.2. The maximum absolute atomic E-state index is 7.61. The first kappa shape index (κ1) is 45.0. The van der Waals surface area contributed by atoms with Crippen molar-refractivity contribution in [2.75, 3.05) is 0 Å². The minimum atomic E-state index is -0.245. The highest BCUT2D eigenvalue weighted by Gasteiger charge is 2.45. The highest BCUT2D eigenvalue weighted by molar-refractivity contribution is 6.35. The second-order valence-electron chi connectivity index (χ2n) is 26.2. The maximum atomic E-state index is 7.61. The molecule has 6 aromatic carbocycles. The van der Waals surface area contributed by atoms with E-state index < -0.39 is 0 Å². The molecule has 6 aromatic rings. The van der Waals surface area contributed by atoms with Gasteiger partial charge in [-0.1, -0.05) is 193 Å². The van der Waals surface area contributed by atoms with Gasteiger partial charge in [0.25, 0.3) is 0 Å². The fourth-order valence-corrected chi connectivity index (χ4v) is 12.8. The number of fused-ring (bicyclic) bond motifs is 2. The first-order valence-electron chi connectivity index (χ1n) is 22.7. The van der Waals surface area contributed by atoms with Crippen molar-refractivity contribution < 1.29 is 4.74 Å². The van der Waals surface area contributed by atoms with Crippen LogP contribution in [-0.4, -0.2) is 0 Å². The van der Waals surface area contributed by atoms with Crippen LogP contribution in [0.1, 0.15) is 186 Å². The van der Waals surface area contributed by atoms with Gasteiger partial charge < -0.3 is 4.74 Å². The van der Waals surface area contributed by atoms with Crippen LogP contribution in [0.4, 0.5) is 0 Å². The molecule has 0 bridgehead atoms. The molecule has 59 heavy (non-hydrogen) atoms. The number of ether oxygens (including phenoxy) is 1. The summed E-state index contributed by atoms with van der Waals surface area (Å²) in [5.41, 5.74) is 5.63. The zero-order valence-corrected chi connectivity index (χ0v) is 41.2. The molecule has 0 unspecified atom stereocenters. The fourth-order valence-electron chi connectivity index (χ4n) is 12.8. The third-order valence-electron chi connectivity index (χ3n) is 12.6. The van der Waals surface area contributed by atoms with Crippen molar-refractivity contribution in [1.29, 1.82) is 0 Å². The summed E-state index contributed by atoms with van der Waals surface area (Å²) in [6.45, 7) is 49.5. The quantitative estimate of drug-likeness (QED) is 0.0992. The SMILES string of the molecule is CC(C)(C)CC(C)(C)c1cc2c3cccc4cccc(c5c(Oc6ccccc6)c(C(C)(C)CC(C)(C)C)c(C(C)(C)CC(C)(C)C)c(c1C(C)(C)CC(C)(C)C)c25)c43. The predicted molar refractivity (Wildman–Crippen MR) is 263 cm³/mol. The van der Waals surface area contributed by atoms with E-state index in [1.54, 1.807) is 5.56 Å². The van der Waals surface area contributed by atoms with Crippen molar-refractivity contribution in [2.45, 2.75) is 186 Å². The van der Waals surface area contributed by atoms with Gasteiger partial charge in [0.15, 0.2) is 0 Å². The Hall–Kier alpha value is -3.58. The summed E-state index contributed by atoms with van der Waals surface area (Å²) in [7, 11) is 0. The van der Waals surface area contributed by atoms with Crippen molar-refractivity contribution in [3.63, 3.8) is 0 Å². The van der Waals surface area contributed by atoms with E-state index in [1.807, 2.05) is 0 Å². The van der Waals surface area contributed by atoms with E-state index in [9.17, 15) is 0 Å². The van der Waals surface area contributed by atoms with Crippen LogP contribution < -0.4 is 4.74 Å². The highest BCUT2D eigenvalue weighted by Crippen LogP contribution is 2.60. The molecule has 0 aliphatic carbocycles. The third kappa shape index (κ3) is 9.07. The van der Waals surface area contributed by atoms with Crippen LogP contribution in [0.15, 0.2) is 72.8 Å². The second-order valence-corrected chi connectivity index (χ2v) is 26.2. The van der Waals surface area contributed by atoms with Gasteiger partial charge in [0, 0.05) is 16.3 Å². The van der Waals surface area contributed by atoms with Gasteiger partial charge in [-0.05, 0) is 136 Å². The fraction of sp³-hybridized carbons (Fsp3) is 0.552. The Balaban J connectivity index is 2.10. The first-order valence-corrected chi connectivity index (χ1v) is 22.7. The maximum Gasteiger partial charge on any atom is 0.139 e. The van der Waals surface area contributed by atoms with Gasteiger partial charge in [-0.25, -0.2) is 0 Å². The molecule has 0 atom stereocenters. The number of hydrogen-bond acceptors (Lipinski definition) is 1. The number of para-hydroxylation sites is 1. The molecule has 6 rings (SSSR count). The molecule has 1 nitrogen and oxygen atoms in total. The van der Waals surface area contributed by atoms with Gasteiger partial charge in [0.2, 0.25) is 0 Å². The van der Waals surface area contributed by atoms with Crippen LogP contribution in [0.2, 0.25) is 0 Å². The number of rotatable bonds is 10. The number of benzene rings is 6. The van der Waals surface area contributed by atoms with E-state index in [0.29, 0.717) is 0 Å². The largest absolute Gasteiger partial charge is 0.456 e. The minimum absolute atomic E-state index is 0.0772. The van der Waals surface area contributed by atoms with E-state index in [2.05, 4.69) is 211 Å². The summed E-state index contributed by atoms with van der Waals surface area (Å²) >= 11 is 0. The summed E-state index contributed by atoms with van der Waals surface area (Å²) < 4.78 is 7.61. The average Bonchev–Trinajstić information content (AvgIpc) is 3.02. The lowest BCUT2D eigenvalue weighted by molar-refractivity contribution is 0.259. The Labute approximate surface area is 360 Å². The van der Waals surface area contributed by atoms with Crippen LogP contribution in [0, 0.1) is 21.7 Å². The molecule has 0 amide bonds. The summed E-state index contributed by atoms with van der Waals surface area (Å²) in [5.74, 6) is 1.93. The molecule has 0 heterocycles. The Morgan fingerprint density at radius 1 is 0.356 bits per heavy atom. The molecular weight excluding hydrogens is 713 g/mol. The molecule has 1 heteroatoms. The molecule has 0 aromatic heterocycles. The van der Waals surface area contributed by atoms with E-state index in [4.69, 9.17) is 4.74 Å². The van der Waals surface area contributed by atoms with Crippen LogP contribution >= 0.6 is 0 Å². The standard InChI is InChI=1S/C58H80O/c1-51(2,3)33-55(13,14)42-32-41-39-30-24-26-37-27-25-31-40(43(37)39)45-44(41)46(47(42)56(15,16)34-52(4,5)6)48(57(17,18)35-53(7,8)9)49(58(19,20)36-54(10,11)12)50(45)59-38-28-22-21-23-29-38/h21-32H,33-36H2,1-20H3. The lowest BCUT2D eigenvalue weighted by Crippen LogP contribution is -2.36. The topological polar surface area (TPSA) is 9.23 Å². The Kier molecular flexibility index (Phi) is 11.1. The number of hydrogen-bond donors (Lipinski definition) is 0. The van der Waals surface area contributed by atoms with Gasteiger partial charge in [0.05, 0.1) is 0 Å². The van der Waals surface area contributed by atoms with Gasteiger partial charge in [-0.3, -0.25) is 0 Å². The van der Waals surface area contributed by atoms with Crippen molar-refractivity contribution in [2.24, 2.45) is 21.7 Å². The van der Waals surface area contributed by atoms with Crippen molar-refractivity contribution >= 4 is 43.1 Å². The van der Waals surface area contributed by atoms with E-state index in [1.165, 1.54) is 59.8 Å². The van der Waals surface area contributed by atoms with Crippen LogP contribution in [0.3, 0.4) is 0 Å². The third-order valence-corrected chi connectivity index (χ3v) is 12.6. The van der Waals surface area contributed by atoms with Crippen molar-refractivity contribution in [1.82, 2.24) is 0 Å². The molecule has 0 N–H and O–H groups in total. The molecule has 0 spiro atoms. The van der Waals surface area contributed by atoms with Crippen LogP contribution in [-0.2, 0) is 21.7 Å². The van der Waals surface area contributed by atoms with Crippen molar-refractivity contribution in [3.05, 3.63) is 95.1 Å². The minimum Gasteiger partial charge on any atom is -0.456 e. The smallest absolute Gasteiger partial charge is 0.139 e. The predicted octanol–water partition coefficient (Wildman–Crippen LogP) is 18.4. The van der Waals surface area contributed by atoms with Gasteiger partial charge >= 0.3 is 0 Å². The van der Waals surface area contributed by atoms with E-state index >= 15 is 0 Å². The summed E-state index contributed by atoms with van der Waals surface area (Å²) in [5, 5.41) is 10.7. The average molecular weight is 793 g/mol. The molecule has 0 saturated carbocycles. The van der Waals surface area contributed by atoms with Crippen LogP contribution in [0.25, 0.3) is 43.1 Å². The monoisotopic (exact) mass is 793 g/mol. The normalized spacial score (nSPS) is 14.4. The van der Waals surface area contributed by atoms with E-state index in [-0.39, 0.29) is 43.3 Å². The summed E-state index contributed by atoms with van der Waals surface area (Å²) in [6.07, 6.45) is 4.19. The molecule has 318 valence electrons.